The van der Waals surface area contributed by atoms with Gasteiger partial charge in [-0.1, -0.05) is 6.07 Å². The highest BCUT2D eigenvalue weighted by Gasteiger charge is 2.10. The molecule has 0 aliphatic heterocycles. The van der Waals surface area contributed by atoms with E-state index < -0.39 is 10.8 Å². The van der Waals surface area contributed by atoms with Gasteiger partial charge >= 0.3 is 0 Å². The van der Waals surface area contributed by atoms with E-state index in [1.807, 2.05) is 0 Å². The molecule has 0 atom stereocenters. The van der Waals surface area contributed by atoms with Crippen molar-refractivity contribution in [2.45, 2.75) is 13.3 Å². The highest BCUT2D eigenvalue weighted by Crippen LogP contribution is 2.11. The molecule has 25 heavy (non-hydrogen) atoms. The molecule has 0 aliphatic rings. The Morgan fingerprint density at radius 1 is 1.20 bits per heavy atom. The van der Waals surface area contributed by atoms with E-state index >= 15 is 0 Å². The molecule has 0 saturated heterocycles. The van der Waals surface area contributed by atoms with Gasteiger partial charge in [0.15, 0.2) is 0 Å². The number of non-ortho nitro benzene ring substituents is 1. The maximum atomic E-state index is 11.9. The Morgan fingerprint density at radius 2 is 1.92 bits per heavy atom. The Kier molecular flexibility index (Phi) is 5.88. The van der Waals surface area contributed by atoms with Crippen LogP contribution in [0.5, 0.6) is 0 Å². The minimum Gasteiger partial charge on any atom is -0.310 e. The van der Waals surface area contributed by atoms with Crippen molar-refractivity contribution >= 4 is 29.0 Å². The number of pyridine rings is 1. The summed E-state index contributed by atoms with van der Waals surface area (Å²) in [5.41, 5.74) is 2.81. The van der Waals surface area contributed by atoms with Crippen LogP contribution in [0.15, 0.2) is 53.8 Å². The molecule has 128 valence electrons. The van der Waals surface area contributed by atoms with Crippen molar-refractivity contribution < 1.29 is 14.5 Å². The topological polar surface area (TPSA) is 127 Å². The first-order valence-corrected chi connectivity index (χ1v) is 7.24. The van der Waals surface area contributed by atoms with Crippen molar-refractivity contribution in [3.05, 3.63) is 64.3 Å². The molecular weight excluding hydrogens is 326 g/mol. The van der Waals surface area contributed by atoms with Gasteiger partial charge < -0.3 is 5.32 Å². The minimum atomic E-state index is -0.551. The highest BCUT2D eigenvalue weighted by molar-refractivity contribution is 6.05. The van der Waals surface area contributed by atoms with Gasteiger partial charge in [-0.15, -0.1) is 0 Å². The number of hydrazone groups is 1. The second-order valence-electron chi connectivity index (χ2n) is 5.03. The molecule has 1 heterocycles. The van der Waals surface area contributed by atoms with Gasteiger partial charge in [-0.25, -0.2) is 10.4 Å². The number of benzene rings is 1. The maximum absolute atomic E-state index is 11.9. The van der Waals surface area contributed by atoms with Crippen molar-refractivity contribution in [2.75, 3.05) is 5.32 Å². The number of hydrogen-bond donors (Lipinski definition) is 2. The monoisotopic (exact) mass is 341 g/mol. The van der Waals surface area contributed by atoms with Crippen LogP contribution in [0.3, 0.4) is 0 Å². The molecule has 2 N–H and O–H groups in total. The molecule has 0 spiro atoms. The fraction of sp³-hybridized carbons (Fsp3) is 0.125. The lowest BCUT2D eigenvalue weighted by molar-refractivity contribution is -0.384. The van der Waals surface area contributed by atoms with Crippen molar-refractivity contribution in [1.82, 2.24) is 10.4 Å². The zero-order valence-corrected chi connectivity index (χ0v) is 13.3. The SMILES string of the molecule is C/C(CC(=O)Nc1ccccn1)=N/NC(=O)c1ccc([N+](=O)[O-])cc1. The molecule has 9 heteroatoms. The molecule has 1 aromatic carbocycles. The fourth-order valence-corrected chi connectivity index (χ4v) is 1.84. The lowest BCUT2D eigenvalue weighted by Gasteiger charge is -2.04. The zero-order valence-electron chi connectivity index (χ0n) is 13.3. The first kappa shape index (κ1) is 17.7. The summed E-state index contributed by atoms with van der Waals surface area (Å²) >= 11 is 0. The van der Waals surface area contributed by atoms with Crippen molar-refractivity contribution in [3.8, 4) is 0 Å². The molecule has 2 amide bonds. The third kappa shape index (κ3) is 5.50. The number of rotatable bonds is 6. The largest absolute Gasteiger partial charge is 0.310 e. The van der Waals surface area contributed by atoms with Crippen LogP contribution in [-0.2, 0) is 4.79 Å². The number of carbonyl (C=O) groups excluding carboxylic acids is 2. The number of anilines is 1. The van der Waals surface area contributed by atoms with Crippen LogP contribution in [0, 0.1) is 10.1 Å². The van der Waals surface area contributed by atoms with Crippen molar-refractivity contribution in [3.63, 3.8) is 0 Å². The average molecular weight is 341 g/mol. The molecule has 0 saturated carbocycles. The molecule has 2 aromatic rings. The van der Waals surface area contributed by atoms with Crippen LogP contribution in [0.2, 0.25) is 0 Å². The summed E-state index contributed by atoms with van der Waals surface area (Å²) in [6, 6.07) is 10.2. The van der Waals surface area contributed by atoms with Gasteiger partial charge in [-0.05, 0) is 31.2 Å². The lowest BCUT2D eigenvalue weighted by Crippen LogP contribution is -2.21. The van der Waals surface area contributed by atoms with E-state index in [1.54, 1.807) is 31.3 Å². The summed E-state index contributed by atoms with van der Waals surface area (Å²) in [5.74, 6) is -0.417. The molecule has 2 rings (SSSR count). The van der Waals surface area contributed by atoms with Gasteiger partial charge in [0.1, 0.15) is 5.82 Å². The first-order valence-electron chi connectivity index (χ1n) is 7.24. The van der Waals surface area contributed by atoms with E-state index in [4.69, 9.17) is 0 Å². The Bertz CT molecular complexity index is 803. The molecule has 9 nitrogen and oxygen atoms in total. The molecule has 0 bridgehead atoms. The Balaban J connectivity index is 1.88. The Hall–Kier alpha value is -3.62. The second kappa shape index (κ2) is 8.29. The average Bonchev–Trinajstić information content (AvgIpc) is 2.60. The molecule has 0 aliphatic carbocycles. The Labute approximate surface area is 142 Å². The summed E-state index contributed by atoms with van der Waals surface area (Å²) in [7, 11) is 0. The predicted molar refractivity (Wildman–Crippen MR) is 91.2 cm³/mol. The number of nitrogens with one attached hydrogen (secondary N) is 2. The third-order valence-electron chi connectivity index (χ3n) is 3.04. The highest BCUT2D eigenvalue weighted by atomic mass is 16.6. The van der Waals surface area contributed by atoms with Gasteiger partial charge in [-0.2, -0.15) is 5.10 Å². The number of hydrogen-bond acceptors (Lipinski definition) is 6. The molecule has 0 fully saturated rings. The standard InChI is InChI=1S/C16H15N5O4/c1-11(10-15(22)18-14-4-2-3-9-17-14)19-20-16(23)12-5-7-13(8-6-12)21(24)25/h2-9H,10H2,1H3,(H,20,23)(H,17,18,22)/b19-11-. The van der Waals surface area contributed by atoms with E-state index in [2.05, 4.69) is 20.8 Å². The Morgan fingerprint density at radius 3 is 2.52 bits per heavy atom. The zero-order chi connectivity index (χ0) is 18.2. The number of nitrogens with zero attached hydrogens (tertiary/aromatic N) is 3. The number of nitro benzene ring substituents is 1. The number of aromatic nitrogens is 1. The molecule has 0 radical (unpaired) electrons. The summed E-state index contributed by atoms with van der Waals surface area (Å²) in [6.45, 7) is 1.59. The van der Waals surface area contributed by atoms with Crippen LogP contribution in [0.4, 0.5) is 11.5 Å². The van der Waals surface area contributed by atoms with E-state index in [1.165, 1.54) is 24.3 Å². The van der Waals surface area contributed by atoms with E-state index in [0.29, 0.717) is 11.5 Å². The molecular formula is C16H15N5O4. The first-order chi connectivity index (χ1) is 12.0. The summed E-state index contributed by atoms with van der Waals surface area (Å²) in [4.78, 5) is 37.7. The normalized spacial score (nSPS) is 10.8. The third-order valence-corrected chi connectivity index (χ3v) is 3.04. The van der Waals surface area contributed by atoms with Crippen molar-refractivity contribution in [2.24, 2.45) is 5.10 Å². The van der Waals surface area contributed by atoms with Gasteiger partial charge in [0.05, 0.1) is 11.3 Å². The smallest absolute Gasteiger partial charge is 0.271 e. The van der Waals surface area contributed by atoms with Gasteiger partial charge in [0.25, 0.3) is 11.6 Å². The van der Waals surface area contributed by atoms with Crippen LogP contribution in [0.25, 0.3) is 0 Å². The second-order valence-corrected chi connectivity index (χ2v) is 5.03. The predicted octanol–water partition coefficient (Wildman–Crippen LogP) is 2.12. The number of nitro groups is 1. The van der Waals surface area contributed by atoms with Crippen LogP contribution in [0.1, 0.15) is 23.7 Å². The van der Waals surface area contributed by atoms with E-state index in [-0.39, 0.29) is 23.6 Å². The molecule has 1 aromatic heterocycles. The number of amides is 2. The molecule has 0 unspecified atom stereocenters. The summed E-state index contributed by atoms with van der Waals surface area (Å²) in [5, 5.41) is 17.0. The maximum Gasteiger partial charge on any atom is 0.271 e. The van der Waals surface area contributed by atoms with Crippen LogP contribution in [-0.4, -0.2) is 27.4 Å². The van der Waals surface area contributed by atoms with Crippen molar-refractivity contribution in [1.29, 1.82) is 0 Å². The van der Waals surface area contributed by atoms with E-state index in [0.717, 1.165) is 0 Å². The fourth-order valence-electron chi connectivity index (χ4n) is 1.84. The van der Waals surface area contributed by atoms with E-state index in [9.17, 15) is 19.7 Å². The summed E-state index contributed by atoms with van der Waals surface area (Å²) < 4.78 is 0. The summed E-state index contributed by atoms with van der Waals surface area (Å²) in [6.07, 6.45) is 1.54. The minimum absolute atomic E-state index is 0.0168. The quantitative estimate of drug-likeness (QED) is 0.473. The van der Waals surface area contributed by atoms with Gasteiger partial charge in [-0.3, -0.25) is 19.7 Å². The number of carbonyl (C=O) groups is 2. The van der Waals surface area contributed by atoms with Crippen LogP contribution < -0.4 is 10.7 Å². The van der Waals surface area contributed by atoms with Crippen LogP contribution >= 0.6 is 0 Å². The van der Waals surface area contributed by atoms with Gasteiger partial charge in [0, 0.05) is 29.6 Å². The van der Waals surface area contributed by atoms with Gasteiger partial charge in [0.2, 0.25) is 5.91 Å². The lowest BCUT2D eigenvalue weighted by atomic mass is 10.2.